The highest BCUT2D eigenvalue weighted by molar-refractivity contribution is 7.14. The van der Waals surface area contributed by atoms with Crippen molar-refractivity contribution >= 4 is 44.5 Å². The van der Waals surface area contributed by atoms with Crippen LogP contribution in [0, 0.1) is 0 Å². The lowest BCUT2D eigenvalue weighted by Crippen LogP contribution is -1.91. The zero-order valence-electron chi connectivity index (χ0n) is 15.3. The van der Waals surface area contributed by atoms with E-state index in [9.17, 15) is 0 Å². The monoisotopic (exact) mass is 382 g/mol. The van der Waals surface area contributed by atoms with Crippen molar-refractivity contribution in [3.8, 4) is 11.3 Å². The number of aryl methyl sites for hydroxylation is 1. The van der Waals surface area contributed by atoms with Crippen LogP contribution in [-0.4, -0.2) is 15.8 Å². The van der Waals surface area contributed by atoms with Gasteiger partial charge in [-0.3, -0.25) is 5.43 Å². The van der Waals surface area contributed by atoms with Gasteiger partial charge in [-0.2, -0.15) is 5.10 Å². The molecular formula is C23H18N4S. The molecule has 0 atom stereocenters. The zero-order chi connectivity index (χ0) is 18.9. The van der Waals surface area contributed by atoms with Crippen molar-refractivity contribution in [2.45, 2.75) is 0 Å². The fourth-order valence-electron chi connectivity index (χ4n) is 3.49. The summed E-state index contributed by atoms with van der Waals surface area (Å²) in [5, 5.41) is 9.69. The highest BCUT2D eigenvalue weighted by Crippen LogP contribution is 2.28. The quantitative estimate of drug-likeness (QED) is 0.310. The van der Waals surface area contributed by atoms with Crippen LogP contribution in [0.15, 0.2) is 83.3 Å². The second-order valence-electron chi connectivity index (χ2n) is 6.63. The number of nitrogens with one attached hydrogen (secondary N) is 1. The Morgan fingerprint density at radius 1 is 0.929 bits per heavy atom. The summed E-state index contributed by atoms with van der Waals surface area (Å²) in [6.45, 7) is 0. The Hall–Kier alpha value is -3.44. The van der Waals surface area contributed by atoms with Crippen molar-refractivity contribution < 1.29 is 0 Å². The fraction of sp³-hybridized carbons (Fsp3) is 0.0435. The second-order valence-corrected chi connectivity index (χ2v) is 7.48. The van der Waals surface area contributed by atoms with E-state index in [0.717, 1.165) is 22.0 Å². The van der Waals surface area contributed by atoms with E-state index in [0.29, 0.717) is 0 Å². The summed E-state index contributed by atoms with van der Waals surface area (Å²) in [5.41, 5.74) is 8.62. The van der Waals surface area contributed by atoms with Crippen LogP contribution in [0.3, 0.4) is 0 Å². The van der Waals surface area contributed by atoms with Crippen LogP contribution in [0.4, 0.5) is 5.13 Å². The molecular weight excluding hydrogens is 364 g/mol. The molecule has 4 nitrogen and oxygen atoms in total. The highest BCUT2D eigenvalue weighted by Gasteiger charge is 2.07. The number of hydrazone groups is 1. The Balaban J connectivity index is 1.39. The van der Waals surface area contributed by atoms with E-state index in [2.05, 4.69) is 81.7 Å². The molecule has 0 spiro atoms. The summed E-state index contributed by atoms with van der Waals surface area (Å²) >= 11 is 1.55. The van der Waals surface area contributed by atoms with E-state index in [1.165, 1.54) is 21.8 Å². The van der Waals surface area contributed by atoms with Gasteiger partial charge >= 0.3 is 0 Å². The van der Waals surface area contributed by atoms with Crippen molar-refractivity contribution in [3.05, 3.63) is 83.7 Å². The summed E-state index contributed by atoms with van der Waals surface area (Å²) in [7, 11) is 2.10. The van der Waals surface area contributed by atoms with Gasteiger partial charge in [0.1, 0.15) is 0 Å². The predicted octanol–water partition coefficient (Wildman–Crippen LogP) is 5.90. The minimum absolute atomic E-state index is 0.779. The molecule has 5 rings (SSSR count). The van der Waals surface area contributed by atoms with E-state index < -0.39 is 0 Å². The first-order valence-corrected chi connectivity index (χ1v) is 9.95. The second kappa shape index (κ2) is 6.94. The Kier molecular flexibility index (Phi) is 4.14. The Labute approximate surface area is 166 Å². The van der Waals surface area contributed by atoms with E-state index in [1.54, 1.807) is 11.3 Å². The Morgan fingerprint density at radius 2 is 1.71 bits per heavy atom. The average Bonchev–Trinajstić information content (AvgIpc) is 3.33. The van der Waals surface area contributed by atoms with Crippen molar-refractivity contribution in [3.63, 3.8) is 0 Å². The minimum atomic E-state index is 0.779. The third kappa shape index (κ3) is 2.96. The van der Waals surface area contributed by atoms with Crippen molar-refractivity contribution in [1.82, 2.24) is 9.55 Å². The molecule has 2 heterocycles. The van der Waals surface area contributed by atoms with Gasteiger partial charge in [-0.1, -0.05) is 54.6 Å². The number of fused-ring (bicyclic) bond motifs is 3. The van der Waals surface area contributed by atoms with Gasteiger partial charge in [-0.25, -0.2) is 4.98 Å². The minimum Gasteiger partial charge on any atom is -0.344 e. The summed E-state index contributed by atoms with van der Waals surface area (Å²) in [6, 6.07) is 25.0. The van der Waals surface area contributed by atoms with Gasteiger partial charge < -0.3 is 4.57 Å². The van der Waals surface area contributed by atoms with E-state index in [-0.39, 0.29) is 0 Å². The standard InChI is InChI=1S/C23H18N4S/c1-27-21-10-6-5-9-18(21)19-13-16(11-12-22(19)27)14-24-26-23-25-20(15-28-23)17-7-3-2-4-8-17/h2-15H,1H3,(H,25,26)/b24-14+. The number of rotatable bonds is 4. The van der Waals surface area contributed by atoms with Crippen LogP contribution >= 0.6 is 11.3 Å². The van der Waals surface area contributed by atoms with E-state index in [4.69, 9.17) is 0 Å². The first-order chi connectivity index (χ1) is 13.8. The van der Waals surface area contributed by atoms with Crippen molar-refractivity contribution in [1.29, 1.82) is 0 Å². The van der Waals surface area contributed by atoms with Crippen LogP contribution in [0.1, 0.15) is 5.56 Å². The largest absolute Gasteiger partial charge is 0.344 e. The molecule has 0 aliphatic carbocycles. The molecule has 0 bridgehead atoms. The molecule has 5 heteroatoms. The van der Waals surface area contributed by atoms with Gasteiger partial charge in [0, 0.05) is 39.8 Å². The Morgan fingerprint density at radius 3 is 2.61 bits per heavy atom. The van der Waals surface area contributed by atoms with Gasteiger partial charge in [-0.05, 0) is 23.8 Å². The van der Waals surface area contributed by atoms with Crippen LogP contribution in [0.2, 0.25) is 0 Å². The summed E-state index contributed by atoms with van der Waals surface area (Å²) in [6.07, 6.45) is 1.84. The molecule has 0 amide bonds. The van der Waals surface area contributed by atoms with E-state index in [1.807, 2.05) is 29.8 Å². The third-order valence-corrected chi connectivity index (χ3v) is 5.63. The molecule has 0 saturated carbocycles. The number of nitrogens with zero attached hydrogens (tertiary/aromatic N) is 3. The molecule has 2 aromatic heterocycles. The molecule has 3 aromatic carbocycles. The highest BCUT2D eigenvalue weighted by atomic mass is 32.1. The average molecular weight is 382 g/mol. The van der Waals surface area contributed by atoms with Crippen LogP contribution in [-0.2, 0) is 7.05 Å². The predicted molar refractivity (Wildman–Crippen MR) is 119 cm³/mol. The van der Waals surface area contributed by atoms with Gasteiger partial charge in [0.25, 0.3) is 0 Å². The zero-order valence-corrected chi connectivity index (χ0v) is 16.1. The SMILES string of the molecule is Cn1c2ccccc2c2cc(/C=N/Nc3nc(-c4ccccc4)cs3)ccc21. The summed E-state index contributed by atoms with van der Waals surface area (Å²) < 4.78 is 2.23. The molecule has 1 N–H and O–H groups in total. The molecule has 0 unspecified atom stereocenters. The first-order valence-electron chi connectivity index (χ1n) is 9.07. The van der Waals surface area contributed by atoms with Crippen LogP contribution < -0.4 is 5.43 Å². The molecule has 0 aliphatic rings. The van der Waals surface area contributed by atoms with Gasteiger partial charge in [0.05, 0.1) is 11.9 Å². The molecule has 0 fully saturated rings. The Bertz CT molecular complexity index is 1300. The van der Waals surface area contributed by atoms with Gasteiger partial charge in [0.15, 0.2) is 0 Å². The van der Waals surface area contributed by atoms with Crippen LogP contribution in [0.5, 0.6) is 0 Å². The van der Waals surface area contributed by atoms with Gasteiger partial charge in [0.2, 0.25) is 5.13 Å². The number of thiazole rings is 1. The number of hydrogen-bond acceptors (Lipinski definition) is 4. The maximum absolute atomic E-state index is 4.60. The number of aromatic nitrogens is 2. The molecule has 28 heavy (non-hydrogen) atoms. The van der Waals surface area contributed by atoms with Crippen molar-refractivity contribution in [2.24, 2.45) is 12.1 Å². The fourth-order valence-corrected chi connectivity index (χ4v) is 4.16. The van der Waals surface area contributed by atoms with Gasteiger partial charge in [-0.15, -0.1) is 11.3 Å². The maximum Gasteiger partial charge on any atom is 0.203 e. The van der Waals surface area contributed by atoms with E-state index >= 15 is 0 Å². The molecule has 0 radical (unpaired) electrons. The molecule has 0 aliphatic heterocycles. The number of benzene rings is 3. The lowest BCUT2D eigenvalue weighted by atomic mass is 10.1. The number of anilines is 1. The number of para-hydroxylation sites is 1. The molecule has 5 aromatic rings. The third-order valence-electron chi connectivity index (χ3n) is 4.89. The summed E-state index contributed by atoms with van der Waals surface area (Å²) in [4.78, 5) is 4.60. The smallest absolute Gasteiger partial charge is 0.203 e. The first kappa shape index (κ1) is 16.7. The lowest BCUT2D eigenvalue weighted by Gasteiger charge is -1.98. The molecule has 0 saturated heterocycles. The topological polar surface area (TPSA) is 42.2 Å². The molecule has 136 valence electrons. The lowest BCUT2D eigenvalue weighted by molar-refractivity contribution is 1.01. The van der Waals surface area contributed by atoms with Crippen LogP contribution in [0.25, 0.3) is 33.1 Å². The number of hydrogen-bond donors (Lipinski definition) is 1. The van der Waals surface area contributed by atoms with Crippen molar-refractivity contribution in [2.75, 3.05) is 5.43 Å². The maximum atomic E-state index is 4.60. The summed E-state index contributed by atoms with van der Waals surface area (Å²) in [5.74, 6) is 0. The normalized spacial score (nSPS) is 11.6.